The number of benzene rings is 2. The third-order valence-corrected chi connectivity index (χ3v) is 5.95. The van der Waals surface area contributed by atoms with Crippen LogP contribution in [-0.4, -0.2) is 56.7 Å². The molecule has 3 amide bonds. The normalized spacial score (nSPS) is 15.0. The first-order valence-electron chi connectivity index (χ1n) is 11.3. The molecule has 0 saturated heterocycles. The summed E-state index contributed by atoms with van der Waals surface area (Å²) in [6.07, 6.45) is 1.29. The Bertz CT molecular complexity index is 1290. The number of carbonyl (C=O) groups is 3. The molecule has 2 aromatic rings. The van der Waals surface area contributed by atoms with Gasteiger partial charge in [-0.05, 0) is 66.3 Å². The quantitative estimate of drug-likeness (QED) is 0.134. The molecular weight excluding hydrogens is 611 g/mol. The van der Waals surface area contributed by atoms with Crippen LogP contribution in [0.5, 0.6) is 23.0 Å². The van der Waals surface area contributed by atoms with Gasteiger partial charge in [-0.25, -0.2) is 15.0 Å². The zero-order valence-corrected chi connectivity index (χ0v) is 23.2. The molecule has 202 valence electrons. The van der Waals surface area contributed by atoms with Gasteiger partial charge in [-0.1, -0.05) is 6.07 Å². The molecule has 0 bridgehead atoms. The largest absolute Gasteiger partial charge is 0.504 e. The van der Waals surface area contributed by atoms with Crippen LogP contribution in [-0.2, 0) is 14.3 Å². The average molecular weight is 638 g/mol. The number of hydrogen-bond acceptors (Lipinski definition) is 9. The number of hydrazone groups is 1. The molecule has 4 N–H and O–H groups in total. The third kappa shape index (κ3) is 6.85. The van der Waals surface area contributed by atoms with Gasteiger partial charge in [0.2, 0.25) is 0 Å². The summed E-state index contributed by atoms with van der Waals surface area (Å²) in [5.74, 6) is -0.396. The van der Waals surface area contributed by atoms with Gasteiger partial charge in [0.15, 0.2) is 29.6 Å². The number of rotatable bonds is 10. The molecule has 13 heteroatoms. The fourth-order valence-corrected chi connectivity index (χ4v) is 4.22. The topological polar surface area (TPSA) is 157 Å². The van der Waals surface area contributed by atoms with Crippen molar-refractivity contribution in [1.29, 1.82) is 0 Å². The van der Waals surface area contributed by atoms with Crippen molar-refractivity contribution in [3.8, 4) is 23.0 Å². The van der Waals surface area contributed by atoms with Crippen LogP contribution < -0.4 is 30.3 Å². The number of methoxy groups -OCH3 is 2. The predicted molar refractivity (Wildman–Crippen MR) is 145 cm³/mol. The highest BCUT2D eigenvalue weighted by atomic mass is 127. The van der Waals surface area contributed by atoms with E-state index in [1.54, 1.807) is 44.2 Å². The Hall–Kier alpha value is -4.01. The van der Waals surface area contributed by atoms with Crippen molar-refractivity contribution in [2.75, 3.05) is 27.4 Å². The SMILES string of the molecule is CCOC(=O)C1=C(C)NC(=O)N[C@H]1c1ccc(OCC(=O)N/N=C/c2cc(I)cc(OC)c2O)c(OC)c1. The minimum Gasteiger partial charge on any atom is -0.504 e. The molecule has 1 aliphatic heterocycles. The number of urea groups is 1. The Morgan fingerprint density at radius 1 is 1.16 bits per heavy atom. The minimum absolute atomic E-state index is 0.104. The Balaban J connectivity index is 1.70. The van der Waals surface area contributed by atoms with Crippen LogP contribution in [0.25, 0.3) is 0 Å². The first kappa shape index (κ1) is 28.6. The number of aromatic hydroxyl groups is 1. The summed E-state index contributed by atoms with van der Waals surface area (Å²) in [5, 5.41) is 19.3. The number of carbonyl (C=O) groups excluding carboxylic acids is 3. The molecule has 0 saturated carbocycles. The van der Waals surface area contributed by atoms with Crippen LogP contribution >= 0.6 is 22.6 Å². The number of phenolic OH excluding ortho intramolecular Hbond substituents is 1. The summed E-state index contributed by atoms with van der Waals surface area (Å²) in [7, 11) is 2.86. The van der Waals surface area contributed by atoms with E-state index in [1.165, 1.54) is 20.4 Å². The van der Waals surface area contributed by atoms with Crippen LogP contribution in [0.15, 0.2) is 46.7 Å². The number of nitrogens with zero attached hydrogens (tertiary/aromatic N) is 1. The number of allylic oxidation sites excluding steroid dienone is 1. The molecule has 0 aliphatic carbocycles. The van der Waals surface area contributed by atoms with E-state index in [0.29, 0.717) is 16.8 Å². The van der Waals surface area contributed by atoms with Gasteiger partial charge >= 0.3 is 12.0 Å². The number of halogens is 1. The number of ether oxygens (including phenoxy) is 4. The maximum atomic E-state index is 12.5. The van der Waals surface area contributed by atoms with Crippen LogP contribution in [0.3, 0.4) is 0 Å². The summed E-state index contributed by atoms with van der Waals surface area (Å²) in [4.78, 5) is 36.9. The number of phenols is 1. The van der Waals surface area contributed by atoms with Crippen LogP contribution in [0, 0.1) is 3.57 Å². The molecule has 12 nitrogen and oxygen atoms in total. The van der Waals surface area contributed by atoms with Crippen molar-refractivity contribution in [2.45, 2.75) is 19.9 Å². The van der Waals surface area contributed by atoms with E-state index in [4.69, 9.17) is 18.9 Å². The maximum absolute atomic E-state index is 12.5. The van der Waals surface area contributed by atoms with E-state index in [2.05, 4.69) is 43.8 Å². The van der Waals surface area contributed by atoms with Gasteiger partial charge < -0.3 is 34.7 Å². The highest BCUT2D eigenvalue weighted by Gasteiger charge is 2.32. The molecule has 3 rings (SSSR count). The smallest absolute Gasteiger partial charge is 0.338 e. The summed E-state index contributed by atoms with van der Waals surface area (Å²) in [6.45, 7) is 3.10. The lowest BCUT2D eigenvalue weighted by molar-refractivity contribution is -0.139. The van der Waals surface area contributed by atoms with Gasteiger partial charge in [0.05, 0.1) is 38.7 Å². The van der Waals surface area contributed by atoms with E-state index in [1.807, 2.05) is 0 Å². The van der Waals surface area contributed by atoms with Gasteiger partial charge in [0, 0.05) is 14.8 Å². The highest BCUT2D eigenvalue weighted by Crippen LogP contribution is 2.35. The molecule has 0 aromatic heterocycles. The second kappa shape index (κ2) is 13.0. The van der Waals surface area contributed by atoms with Crippen LogP contribution in [0.4, 0.5) is 4.79 Å². The molecule has 0 fully saturated rings. The molecular formula is C25H27IN4O8. The summed E-state index contributed by atoms with van der Waals surface area (Å²) in [6, 6.07) is 6.89. The second-order valence-corrected chi connectivity index (χ2v) is 9.07. The van der Waals surface area contributed by atoms with Crippen molar-refractivity contribution < 1.29 is 38.4 Å². The summed E-state index contributed by atoms with van der Waals surface area (Å²) >= 11 is 2.07. The standard InChI is InChI=1S/C25H27IN4O8/c1-5-37-24(33)21-13(2)28-25(34)29-22(21)14-6-7-17(18(9-14)35-3)38-12-20(31)30-27-11-15-8-16(26)10-19(36-4)23(15)32/h6-11,22,32H,5,12H2,1-4H3,(H,30,31)(H2,28,29,34)/b27-11+/t22-/m0/s1. The third-order valence-electron chi connectivity index (χ3n) is 5.33. The average Bonchev–Trinajstić information content (AvgIpc) is 2.88. The molecule has 1 atom stereocenters. The van der Waals surface area contributed by atoms with Crippen molar-refractivity contribution in [3.05, 3.63) is 56.3 Å². The molecule has 0 unspecified atom stereocenters. The zero-order valence-electron chi connectivity index (χ0n) is 21.1. The lowest BCUT2D eigenvalue weighted by Crippen LogP contribution is -2.45. The van der Waals surface area contributed by atoms with Gasteiger partial charge in [-0.3, -0.25) is 4.79 Å². The van der Waals surface area contributed by atoms with Gasteiger partial charge in [-0.2, -0.15) is 5.10 Å². The lowest BCUT2D eigenvalue weighted by Gasteiger charge is -2.28. The van der Waals surface area contributed by atoms with E-state index >= 15 is 0 Å². The molecule has 0 spiro atoms. The van der Waals surface area contributed by atoms with Gasteiger partial charge in [0.1, 0.15) is 0 Å². The van der Waals surface area contributed by atoms with Gasteiger partial charge in [0.25, 0.3) is 5.91 Å². The Kier molecular flexibility index (Phi) is 9.76. The summed E-state index contributed by atoms with van der Waals surface area (Å²) < 4.78 is 22.1. The molecule has 0 radical (unpaired) electrons. The van der Waals surface area contributed by atoms with Crippen LogP contribution in [0.2, 0.25) is 0 Å². The number of hydrogen-bond donors (Lipinski definition) is 4. The monoisotopic (exact) mass is 638 g/mol. The molecule has 1 heterocycles. The van der Waals surface area contributed by atoms with E-state index in [-0.39, 0.29) is 41.8 Å². The zero-order chi connectivity index (χ0) is 27.8. The predicted octanol–water partition coefficient (Wildman–Crippen LogP) is 2.73. The highest BCUT2D eigenvalue weighted by molar-refractivity contribution is 14.1. The fraction of sp³-hybridized carbons (Fsp3) is 0.280. The maximum Gasteiger partial charge on any atom is 0.338 e. The fourth-order valence-electron chi connectivity index (χ4n) is 3.60. The van der Waals surface area contributed by atoms with Crippen LogP contribution in [0.1, 0.15) is 31.0 Å². The van der Waals surface area contributed by atoms with E-state index in [9.17, 15) is 19.5 Å². The molecule has 1 aliphatic rings. The first-order valence-corrected chi connectivity index (χ1v) is 12.4. The van der Waals surface area contributed by atoms with E-state index in [0.717, 1.165) is 3.57 Å². The minimum atomic E-state index is -0.778. The van der Waals surface area contributed by atoms with Gasteiger partial charge in [-0.15, -0.1) is 0 Å². The van der Waals surface area contributed by atoms with Crippen molar-refractivity contribution in [3.63, 3.8) is 0 Å². The number of amides is 3. The Labute approximate surface area is 232 Å². The van der Waals surface area contributed by atoms with E-state index < -0.39 is 23.9 Å². The Morgan fingerprint density at radius 2 is 1.89 bits per heavy atom. The number of nitrogens with one attached hydrogen (secondary N) is 3. The second-order valence-electron chi connectivity index (χ2n) is 7.83. The van der Waals surface area contributed by atoms with Crippen molar-refractivity contribution in [1.82, 2.24) is 16.1 Å². The Morgan fingerprint density at radius 3 is 2.58 bits per heavy atom. The van der Waals surface area contributed by atoms with Crippen molar-refractivity contribution in [2.24, 2.45) is 5.10 Å². The summed E-state index contributed by atoms with van der Waals surface area (Å²) in [5.41, 5.74) is 3.88. The number of esters is 1. The lowest BCUT2D eigenvalue weighted by atomic mass is 9.95. The molecule has 38 heavy (non-hydrogen) atoms. The first-order chi connectivity index (χ1) is 18.2. The van der Waals surface area contributed by atoms with Crippen molar-refractivity contribution >= 4 is 46.7 Å². The molecule has 2 aromatic carbocycles.